The zero-order valence-corrected chi connectivity index (χ0v) is 9.45. The summed E-state index contributed by atoms with van der Waals surface area (Å²) in [4.78, 5) is 14.7. The first-order chi connectivity index (χ1) is 7.20. The predicted molar refractivity (Wildman–Crippen MR) is 58.5 cm³/mol. The first-order valence-corrected chi connectivity index (χ1v) is 5.22. The van der Waals surface area contributed by atoms with E-state index in [1.807, 2.05) is 0 Å². The summed E-state index contributed by atoms with van der Waals surface area (Å²) in [6.07, 6.45) is 2.21. The fourth-order valence-electron chi connectivity index (χ4n) is 1.39. The van der Waals surface area contributed by atoms with E-state index in [4.69, 9.17) is 4.74 Å². The second kappa shape index (κ2) is 6.31. The number of hydrogen-bond donors (Lipinski definition) is 0. The Balaban J connectivity index is 2.08. The molecule has 0 atom stereocenters. The van der Waals surface area contributed by atoms with E-state index in [9.17, 15) is 4.79 Å². The molecule has 0 aliphatic carbocycles. The minimum Gasteiger partial charge on any atom is -0.436 e. The van der Waals surface area contributed by atoms with Crippen LogP contribution in [0.2, 0.25) is 0 Å². The molecule has 0 aromatic heterocycles. The van der Waals surface area contributed by atoms with Gasteiger partial charge in [0.15, 0.2) is 6.61 Å². The molecule has 1 amide bonds. The van der Waals surface area contributed by atoms with Crippen LogP contribution >= 0.6 is 0 Å². The monoisotopic (exact) mass is 210 g/mol. The van der Waals surface area contributed by atoms with Gasteiger partial charge in [-0.25, -0.2) is 4.79 Å². The Morgan fingerprint density at radius 1 is 1.33 bits per heavy atom. The molecule has 1 heterocycles. The molecule has 15 heavy (non-hydrogen) atoms. The third-order valence-corrected chi connectivity index (χ3v) is 2.26. The Hall–Kier alpha value is -1.21. The number of nitrogens with zero attached hydrogens (tertiary/aromatic N) is 2. The normalized spacial score (nSPS) is 15.6. The quantitative estimate of drug-likeness (QED) is 0.632. The Morgan fingerprint density at radius 3 is 2.60 bits per heavy atom. The van der Waals surface area contributed by atoms with Crippen LogP contribution in [0.15, 0.2) is 0 Å². The summed E-state index contributed by atoms with van der Waals surface area (Å²) in [5.74, 6) is 5.84. The fraction of sp³-hybridized carbons (Fsp3) is 0.727. The second-order valence-corrected chi connectivity index (χ2v) is 3.79. The van der Waals surface area contributed by atoms with E-state index in [1.54, 1.807) is 14.1 Å². The molecule has 4 nitrogen and oxygen atoms in total. The molecule has 1 fully saturated rings. The largest absolute Gasteiger partial charge is 0.436 e. The number of carbonyl (C=O) groups is 1. The highest BCUT2D eigenvalue weighted by Gasteiger charge is 2.08. The molecular formula is C11H18N2O2. The minimum absolute atomic E-state index is 0.185. The van der Waals surface area contributed by atoms with E-state index >= 15 is 0 Å². The Kier molecular flexibility index (Phi) is 4.99. The standard InChI is InChI=1S/C11H18N2O2/c1-12(2)11(14)15-10-6-5-9-13-7-3-4-8-13/h3-4,7-10H2,1-2H3. The van der Waals surface area contributed by atoms with Crippen molar-refractivity contribution >= 4 is 6.09 Å². The van der Waals surface area contributed by atoms with Gasteiger partial charge in [-0.05, 0) is 25.9 Å². The van der Waals surface area contributed by atoms with Crippen LogP contribution < -0.4 is 0 Å². The molecule has 1 saturated heterocycles. The minimum atomic E-state index is -0.342. The highest BCUT2D eigenvalue weighted by molar-refractivity contribution is 5.66. The highest BCUT2D eigenvalue weighted by Crippen LogP contribution is 2.05. The molecule has 0 saturated carbocycles. The number of carbonyl (C=O) groups excluding carboxylic acids is 1. The van der Waals surface area contributed by atoms with Gasteiger partial charge in [-0.2, -0.15) is 0 Å². The van der Waals surface area contributed by atoms with Crippen LogP contribution in [-0.4, -0.2) is 56.2 Å². The molecule has 0 unspecified atom stereocenters. The summed E-state index contributed by atoms with van der Waals surface area (Å²) in [6.45, 7) is 3.27. The fourth-order valence-corrected chi connectivity index (χ4v) is 1.39. The zero-order chi connectivity index (χ0) is 11.1. The van der Waals surface area contributed by atoms with Crippen molar-refractivity contribution in [3.05, 3.63) is 0 Å². The Labute approximate surface area is 91.2 Å². The van der Waals surface area contributed by atoms with Gasteiger partial charge in [-0.3, -0.25) is 4.90 Å². The molecule has 0 aromatic carbocycles. The average molecular weight is 210 g/mol. The molecule has 84 valence electrons. The Morgan fingerprint density at radius 2 is 2.00 bits per heavy atom. The molecule has 1 aliphatic rings. The maximum Gasteiger partial charge on any atom is 0.410 e. The van der Waals surface area contributed by atoms with Crippen molar-refractivity contribution in [1.29, 1.82) is 0 Å². The van der Waals surface area contributed by atoms with Crippen molar-refractivity contribution in [3.63, 3.8) is 0 Å². The number of ether oxygens (including phenoxy) is 1. The van der Waals surface area contributed by atoms with Gasteiger partial charge < -0.3 is 9.64 Å². The topological polar surface area (TPSA) is 32.8 Å². The lowest BCUT2D eigenvalue weighted by molar-refractivity contribution is 0.131. The average Bonchev–Trinajstić information content (AvgIpc) is 2.69. The lowest BCUT2D eigenvalue weighted by Crippen LogP contribution is -2.23. The van der Waals surface area contributed by atoms with Crippen molar-refractivity contribution in [3.8, 4) is 11.8 Å². The SMILES string of the molecule is CN(C)C(=O)OCC#CCN1CCCC1. The van der Waals surface area contributed by atoms with Gasteiger partial charge in [0.25, 0.3) is 0 Å². The van der Waals surface area contributed by atoms with Crippen LogP contribution in [0.5, 0.6) is 0 Å². The van der Waals surface area contributed by atoms with Gasteiger partial charge in [0.05, 0.1) is 6.54 Å². The van der Waals surface area contributed by atoms with Crippen molar-refractivity contribution < 1.29 is 9.53 Å². The van der Waals surface area contributed by atoms with Gasteiger partial charge >= 0.3 is 6.09 Å². The van der Waals surface area contributed by atoms with Crippen LogP contribution in [0.3, 0.4) is 0 Å². The van der Waals surface area contributed by atoms with E-state index in [-0.39, 0.29) is 12.7 Å². The first kappa shape index (κ1) is 11.9. The molecule has 1 rings (SSSR count). The summed E-state index contributed by atoms with van der Waals surface area (Å²) < 4.78 is 4.86. The number of amides is 1. The third-order valence-electron chi connectivity index (χ3n) is 2.26. The predicted octanol–water partition coefficient (Wildman–Crippen LogP) is 0.784. The summed E-state index contributed by atoms with van der Waals surface area (Å²) in [6, 6.07) is 0. The molecular weight excluding hydrogens is 192 g/mol. The molecule has 0 bridgehead atoms. The van der Waals surface area contributed by atoms with Crippen LogP contribution in [0.1, 0.15) is 12.8 Å². The number of rotatable bonds is 2. The van der Waals surface area contributed by atoms with Crippen LogP contribution in [0, 0.1) is 11.8 Å². The smallest absolute Gasteiger partial charge is 0.410 e. The summed E-state index contributed by atoms with van der Waals surface area (Å²) in [5, 5.41) is 0. The van der Waals surface area contributed by atoms with Crippen molar-refractivity contribution in [2.45, 2.75) is 12.8 Å². The molecule has 4 heteroatoms. The van der Waals surface area contributed by atoms with Crippen LogP contribution in [0.4, 0.5) is 4.79 Å². The van der Waals surface area contributed by atoms with Gasteiger partial charge in [0, 0.05) is 14.1 Å². The molecule has 0 spiro atoms. The van der Waals surface area contributed by atoms with E-state index in [0.29, 0.717) is 0 Å². The molecule has 0 aromatic rings. The van der Waals surface area contributed by atoms with E-state index < -0.39 is 0 Å². The Bertz CT molecular complexity index is 259. The van der Waals surface area contributed by atoms with Crippen molar-refractivity contribution in [2.75, 3.05) is 40.3 Å². The van der Waals surface area contributed by atoms with E-state index in [1.165, 1.54) is 17.7 Å². The van der Waals surface area contributed by atoms with Crippen LogP contribution in [0.25, 0.3) is 0 Å². The first-order valence-electron chi connectivity index (χ1n) is 5.22. The molecule has 1 aliphatic heterocycles. The molecule has 0 radical (unpaired) electrons. The van der Waals surface area contributed by atoms with Gasteiger partial charge in [-0.1, -0.05) is 11.8 Å². The highest BCUT2D eigenvalue weighted by atomic mass is 16.5. The summed E-state index contributed by atoms with van der Waals surface area (Å²) >= 11 is 0. The molecule has 0 N–H and O–H groups in total. The second-order valence-electron chi connectivity index (χ2n) is 3.79. The third kappa shape index (κ3) is 4.71. The summed E-state index contributed by atoms with van der Waals surface area (Å²) in [7, 11) is 3.31. The van der Waals surface area contributed by atoms with Crippen molar-refractivity contribution in [1.82, 2.24) is 9.80 Å². The number of hydrogen-bond acceptors (Lipinski definition) is 3. The maximum atomic E-state index is 11.0. The lowest BCUT2D eigenvalue weighted by Gasteiger charge is -2.09. The van der Waals surface area contributed by atoms with E-state index in [0.717, 1.165) is 19.6 Å². The van der Waals surface area contributed by atoms with Gasteiger partial charge in [0.2, 0.25) is 0 Å². The van der Waals surface area contributed by atoms with Crippen LogP contribution in [-0.2, 0) is 4.74 Å². The van der Waals surface area contributed by atoms with Gasteiger partial charge in [0.1, 0.15) is 0 Å². The lowest BCUT2D eigenvalue weighted by atomic mass is 10.4. The maximum absolute atomic E-state index is 11.0. The summed E-state index contributed by atoms with van der Waals surface area (Å²) in [5.41, 5.74) is 0. The van der Waals surface area contributed by atoms with Gasteiger partial charge in [-0.15, -0.1) is 0 Å². The number of likely N-dealkylation sites (tertiary alicyclic amines) is 1. The zero-order valence-electron chi connectivity index (χ0n) is 9.45. The van der Waals surface area contributed by atoms with Crippen molar-refractivity contribution in [2.24, 2.45) is 0 Å². The van der Waals surface area contributed by atoms with E-state index in [2.05, 4.69) is 16.7 Å².